The van der Waals surface area contributed by atoms with Gasteiger partial charge in [0.1, 0.15) is 4.21 Å². The van der Waals surface area contributed by atoms with Crippen LogP contribution in [0.15, 0.2) is 32.5 Å². The zero-order chi connectivity index (χ0) is 15.0. The van der Waals surface area contributed by atoms with Crippen LogP contribution in [0.4, 0.5) is 0 Å². The van der Waals surface area contributed by atoms with E-state index in [1.54, 1.807) is 23.0 Å². The normalized spacial score (nSPS) is 20.8. The lowest BCUT2D eigenvalue weighted by Gasteiger charge is -2.31. The third-order valence-electron chi connectivity index (χ3n) is 3.27. The van der Waals surface area contributed by atoms with Crippen LogP contribution in [0, 0.1) is 0 Å². The average molecular weight is 392 g/mol. The lowest BCUT2D eigenvalue weighted by atomic mass is 10.2. The van der Waals surface area contributed by atoms with Crippen molar-refractivity contribution in [1.82, 2.24) is 14.1 Å². The minimum atomic E-state index is -3.46. The van der Waals surface area contributed by atoms with E-state index >= 15 is 0 Å². The molecule has 2 aromatic rings. The third kappa shape index (κ3) is 3.07. The predicted octanol–water partition coefficient (Wildman–Crippen LogP) is 2.01. The van der Waals surface area contributed by atoms with Gasteiger partial charge < -0.3 is 4.74 Å². The second kappa shape index (κ2) is 5.81. The molecule has 1 aliphatic rings. The number of hydrogen-bond donors (Lipinski definition) is 0. The van der Waals surface area contributed by atoms with Gasteiger partial charge in [0.25, 0.3) is 10.0 Å². The molecule has 0 amide bonds. The number of rotatable bonds is 3. The standard InChI is InChI=1S/C12H14BrN3O3S2/c1-15-7-9(6-14-15)10-8-16(4-5-19-10)21(17,18)12-3-2-11(13)20-12/h2-3,6-7,10H,4-5,8H2,1H3/t10-/m0/s1. The fourth-order valence-corrected chi connectivity index (χ4v) is 5.80. The van der Waals surface area contributed by atoms with Gasteiger partial charge in [0.15, 0.2) is 0 Å². The Kier molecular flexibility index (Phi) is 4.19. The minimum Gasteiger partial charge on any atom is -0.371 e. The van der Waals surface area contributed by atoms with Crippen LogP contribution in [0.5, 0.6) is 0 Å². The van der Waals surface area contributed by atoms with E-state index in [-0.39, 0.29) is 6.10 Å². The summed E-state index contributed by atoms with van der Waals surface area (Å²) in [5.74, 6) is 0. The number of sulfonamides is 1. The first kappa shape index (κ1) is 15.2. The number of ether oxygens (including phenoxy) is 1. The highest BCUT2D eigenvalue weighted by Gasteiger charge is 2.32. The molecule has 0 radical (unpaired) electrons. The van der Waals surface area contributed by atoms with E-state index in [2.05, 4.69) is 21.0 Å². The maximum Gasteiger partial charge on any atom is 0.252 e. The Morgan fingerprint density at radius 3 is 2.90 bits per heavy atom. The molecular weight excluding hydrogens is 378 g/mol. The molecule has 0 spiro atoms. The lowest BCUT2D eigenvalue weighted by Crippen LogP contribution is -2.41. The van der Waals surface area contributed by atoms with Crippen molar-refractivity contribution in [3.8, 4) is 0 Å². The number of halogens is 1. The van der Waals surface area contributed by atoms with Crippen molar-refractivity contribution in [3.05, 3.63) is 33.9 Å². The van der Waals surface area contributed by atoms with Crippen LogP contribution >= 0.6 is 27.3 Å². The van der Waals surface area contributed by atoms with Crippen molar-refractivity contribution < 1.29 is 13.2 Å². The first-order valence-corrected chi connectivity index (χ1v) is 9.37. The first-order valence-electron chi connectivity index (χ1n) is 6.32. The zero-order valence-electron chi connectivity index (χ0n) is 11.3. The van der Waals surface area contributed by atoms with Crippen LogP contribution in [-0.2, 0) is 21.8 Å². The summed E-state index contributed by atoms with van der Waals surface area (Å²) in [4.78, 5) is 0. The molecule has 1 saturated heterocycles. The molecule has 0 bridgehead atoms. The van der Waals surface area contributed by atoms with Gasteiger partial charge in [-0.05, 0) is 28.1 Å². The minimum absolute atomic E-state index is 0.273. The number of aromatic nitrogens is 2. The summed E-state index contributed by atoms with van der Waals surface area (Å²) in [5, 5.41) is 4.11. The fraction of sp³-hybridized carbons (Fsp3) is 0.417. The van der Waals surface area contributed by atoms with Gasteiger partial charge in [-0.15, -0.1) is 11.3 Å². The van der Waals surface area contributed by atoms with E-state index in [1.807, 2.05) is 13.2 Å². The summed E-state index contributed by atoms with van der Waals surface area (Å²) in [5.41, 5.74) is 0.893. The molecule has 0 aromatic carbocycles. The molecule has 9 heteroatoms. The van der Waals surface area contributed by atoms with Crippen LogP contribution in [0.1, 0.15) is 11.7 Å². The van der Waals surface area contributed by atoms with E-state index in [1.165, 1.54) is 15.6 Å². The van der Waals surface area contributed by atoms with Crippen molar-refractivity contribution >= 4 is 37.3 Å². The van der Waals surface area contributed by atoms with Crippen molar-refractivity contribution in [2.24, 2.45) is 7.05 Å². The van der Waals surface area contributed by atoms with E-state index in [9.17, 15) is 8.42 Å². The SMILES string of the molecule is Cn1cc([C@@H]2CN(S(=O)(=O)c3ccc(Br)s3)CCO2)cn1. The molecule has 1 aliphatic heterocycles. The van der Waals surface area contributed by atoms with E-state index in [0.29, 0.717) is 23.9 Å². The van der Waals surface area contributed by atoms with E-state index in [4.69, 9.17) is 4.74 Å². The van der Waals surface area contributed by atoms with Gasteiger partial charge >= 0.3 is 0 Å². The summed E-state index contributed by atoms with van der Waals surface area (Å²) in [6, 6.07) is 3.37. The monoisotopic (exact) mass is 391 g/mol. The van der Waals surface area contributed by atoms with Crippen molar-refractivity contribution in [2.75, 3.05) is 19.7 Å². The van der Waals surface area contributed by atoms with Crippen LogP contribution in [0.25, 0.3) is 0 Å². The first-order chi connectivity index (χ1) is 9.96. The van der Waals surface area contributed by atoms with Crippen molar-refractivity contribution in [1.29, 1.82) is 0 Å². The number of aryl methyl sites for hydroxylation is 1. The highest BCUT2D eigenvalue weighted by molar-refractivity contribution is 9.11. The molecule has 6 nitrogen and oxygen atoms in total. The van der Waals surface area contributed by atoms with E-state index in [0.717, 1.165) is 9.35 Å². The average Bonchev–Trinajstić information content (AvgIpc) is 3.08. The van der Waals surface area contributed by atoms with Gasteiger partial charge in [0, 0.05) is 31.9 Å². The van der Waals surface area contributed by atoms with Gasteiger partial charge in [-0.2, -0.15) is 9.40 Å². The molecule has 0 unspecified atom stereocenters. The fourth-order valence-electron chi connectivity index (χ4n) is 2.22. The Morgan fingerprint density at radius 1 is 1.48 bits per heavy atom. The number of thiophene rings is 1. The maximum atomic E-state index is 12.6. The summed E-state index contributed by atoms with van der Waals surface area (Å²) >= 11 is 4.52. The quantitative estimate of drug-likeness (QED) is 0.802. The highest BCUT2D eigenvalue weighted by atomic mass is 79.9. The number of nitrogens with zero attached hydrogens (tertiary/aromatic N) is 3. The Hall–Kier alpha value is -0.740. The lowest BCUT2D eigenvalue weighted by molar-refractivity contribution is -0.00253. The summed E-state index contributed by atoms with van der Waals surface area (Å²) in [6.45, 7) is 1.06. The summed E-state index contributed by atoms with van der Waals surface area (Å²) in [7, 11) is -1.64. The van der Waals surface area contributed by atoms with Crippen LogP contribution in [0.2, 0.25) is 0 Å². The summed E-state index contributed by atoms with van der Waals surface area (Å²) < 4.78 is 35.2. The summed E-state index contributed by atoms with van der Waals surface area (Å²) in [6.07, 6.45) is 3.29. The molecule has 21 heavy (non-hydrogen) atoms. The van der Waals surface area contributed by atoms with Gasteiger partial charge in [0.2, 0.25) is 0 Å². The van der Waals surface area contributed by atoms with Gasteiger partial charge in [-0.1, -0.05) is 0 Å². The maximum absolute atomic E-state index is 12.6. The Labute approximate surface area is 135 Å². The highest BCUT2D eigenvalue weighted by Crippen LogP contribution is 2.31. The molecule has 3 rings (SSSR count). The molecular formula is C12H14BrN3O3S2. The molecule has 1 atom stereocenters. The van der Waals surface area contributed by atoms with Crippen molar-refractivity contribution in [2.45, 2.75) is 10.3 Å². The second-order valence-electron chi connectivity index (χ2n) is 4.73. The third-order valence-corrected chi connectivity index (χ3v) is 7.22. The number of morpholine rings is 1. The second-order valence-corrected chi connectivity index (χ2v) is 9.36. The zero-order valence-corrected chi connectivity index (χ0v) is 14.5. The number of hydrogen-bond acceptors (Lipinski definition) is 5. The molecule has 1 fully saturated rings. The largest absolute Gasteiger partial charge is 0.371 e. The molecule has 3 heterocycles. The van der Waals surface area contributed by atoms with Crippen LogP contribution in [0.3, 0.4) is 0 Å². The molecule has 114 valence electrons. The Morgan fingerprint density at radius 2 is 2.29 bits per heavy atom. The van der Waals surface area contributed by atoms with Gasteiger partial charge in [0.05, 0.1) is 22.7 Å². The topological polar surface area (TPSA) is 64.4 Å². The van der Waals surface area contributed by atoms with Gasteiger partial charge in [-0.25, -0.2) is 8.42 Å². The molecule has 0 saturated carbocycles. The molecule has 0 N–H and O–H groups in total. The Balaban J connectivity index is 1.83. The smallest absolute Gasteiger partial charge is 0.252 e. The van der Waals surface area contributed by atoms with Gasteiger partial charge in [-0.3, -0.25) is 4.68 Å². The van der Waals surface area contributed by atoms with E-state index < -0.39 is 10.0 Å². The van der Waals surface area contributed by atoms with Crippen LogP contribution < -0.4 is 0 Å². The van der Waals surface area contributed by atoms with Crippen LogP contribution in [-0.4, -0.2) is 42.2 Å². The Bertz CT molecular complexity index is 741. The molecule has 2 aromatic heterocycles. The predicted molar refractivity (Wildman–Crippen MR) is 82.7 cm³/mol. The van der Waals surface area contributed by atoms with Crippen molar-refractivity contribution in [3.63, 3.8) is 0 Å². The molecule has 0 aliphatic carbocycles.